The fourth-order valence-electron chi connectivity index (χ4n) is 1.22. The standard InChI is InChI=1S/C10H8O4/c1-13-9-4-6-2-3-7(11)5-8(6)14-10(9)12/h2-5,11H,1H3. The molecular formula is C10H8O4. The number of methoxy groups -OCH3 is 1. The van der Waals surface area contributed by atoms with E-state index >= 15 is 0 Å². The molecule has 0 aliphatic rings. The van der Waals surface area contributed by atoms with Gasteiger partial charge in [0, 0.05) is 11.5 Å². The van der Waals surface area contributed by atoms with Crippen LogP contribution < -0.4 is 10.4 Å². The van der Waals surface area contributed by atoms with Crippen LogP contribution in [0.2, 0.25) is 0 Å². The molecule has 1 N–H and O–H groups in total. The molecule has 0 bridgehead atoms. The Morgan fingerprint density at radius 3 is 2.86 bits per heavy atom. The highest BCUT2D eigenvalue weighted by atomic mass is 16.5. The van der Waals surface area contributed by atoms with Crippen LogP contribution in [0.1, 0.15) is 0 Å². The van der Waals surface area contributed by atoms with E-state index in [1.807, 2.05) is 0 Å². The van der Waals surface area contributed by atoms with Gasteiger partial charge < -0.3 is 14.3 Å². The Bertz CT molecular complexity index is 527. The molecule has 14 heavy (non-hydrogen) atoms. The van der Waals surface area contributed by atoms with Crippen molar-refractivity contribution in [1.29, 1.82) is 0 Å². The van der Waals surface area contributed by atoms with E-state index < -0.39 is 5.63 Å². The van der Waals surface area contributed by atoms with E-state index in [1.165, 1.54) is 19.2 Å². The summed E-state index contributed by atoms with van der Waals surface area (Å²) >= 11 is 0. The second-order valence-corrected chi connectivity index (χ2v) is 2.82. The molecule has 1 aromatic carbocycles. The third kappa shape index (κ3) is 1.31. The molecule has 1 heterocycles. The Morgan fingerprint density at radius 1 is 1.36 bits per heavy atom. The van der Waals surface area contributed by atoms with Crippen molar-refractivity contribution < 1.29 is 14.3 Å². The molecule has 0 saturated heterocycles. The number of fused-ring (bicyclic) bond motifs is 1. The zero-order valence-electron chi connectivity index (χ0n) is 7.48. The van der Waals surface area contributed by atoms with Crippen molar-refractivity contribution in [3.63, 3.8) is 0 Å². The van der Waals surface area contributed by atoms with E-state index in [2.05, 4.69) is 0 Å². The molecule has 4 heteroatoms. The van der Waals surface area contributed by atoms with Gasteiger partial charge in [-0.15, -0.1) is 0 Å². The first-order valence-corrected chi connectivity index (χ1v) is 4.01. The first kappa shape index (κ1) is 8.62. The van der Waals surface area contributed by atoms with Gasteiger partial charge in [-0.05, 0) is 18.2 Å². The van der Waals surface area contributed by atoms with Gasteiger partial charge in [-0.3, -0.25) is 0 Å². The van der Waals surface area contributed by atoms with Crippen LogP contribution in [0.15, 0.2) is 33.5 Å². The van der Waals surface area contributed by atoms with Crippen molar-refractivity contribution in [2.45, 2.75) is 0 Å². The van der Waals surface area contributed by atoms with Crippen LogP contribution in [0.25, 0.3) is 11.0 Å². The number of benzene rings is 1. The molecule has 2 rings (SSSR count). The van der Waals surface area contributed by atoms with Crippen LogP contribution in [-0.4, -0.2) is 12.2 Å². The van der Waals surface area contributed by atoms with E-state index in [0.29, 0.717) is 11.0 Å². The van der Waals surface area contributed by atoms with Crippen molar-refractivity contribution in [3.8, 4) is 11.5 Å². The van der Waals surface area contributed by atoms with Gasteiger partial charge in [0.05, 0.1) is 7.11 Å². The SMILES string of the molecule is COc1cc2ccc(O)cc2oc1=O. The monoisotopic (exact) mass is 192 g/mol. The maximum atomic E-state index is 11.2. The second kappa shape index (κ2) is 3.06. The number of aromatic hydroxyl groups is 1. The fraction of sp³-hybridized carbons (Fsp3) is 0.100. The molecule has 0 unspecified atom stereocenters. The lowest BCUT2D eigenvalue weighted by Crippen LogP contribution is -2.02. The van der Waals surface area contributed by atoms with Crippen molar-refractivity contribution >= 4 is 11.0 Å². The summed E-state index contributed by atoms with van der Waals surface area (Å²) in [5, 5.41) is 9.86. The Hall–Kier alpha value is -1.97. The molecular weight excluding hydrogens is 184 g/mol. The van der Waals surface area contributed by atoms with E-state index in [-0.39, 0.29) is 11.5 Å². The average Bonchev–Trinajstić information content (AvgIpc) is 2.16. The van der Waals surface area contributed by atoms with Crippen molar-refractivity contribution in [3.05, 3.63) is 34.7 Å². The third-order valence-electron chi connectivity index (χ3n) is 1.91. The first-order chi connectivity index (χ1) is 6.70. The highest BCUT2D eigenvalue weighted by molar-refractivity contribution is 5.78. The number of ether oxygens (including phenoxy) is 1. The quantitative estimate of drug-likeness (QED) is 0.695. The van der Waals surface area contributed by atoms with Crippen LogP contribution in [-0.2, 0) is 0 Å². The normalized spacial score (nSPS) is 10.4. The number of phenolic OH excluding ortho intramolecular Hbond substituents is 1. The molecule has 0 spiro atoms. The van der Waals surface area contributed by atoms with Gasteiger partial charge in [0.25, 0.3) is 0 Å². The van der Waals surface area contributed by atoms with Crippen molar-refractivity contribution in [1.82, 2.24) is 0 Å². The van der Waals surface area contributed by atoms with Gasteiger partial charge >= 0.3 is 5.63 Å². The van der Waals surface area contributed by atoms with E-state index in [4.69, 9.17) is 14.3 Å². The van der Waals surface area contributed by atoms with Gasteiger partial charge in [-0.1, -0.05) is 0 Å². The van der Waals surface area contributed by atoms with Gasteiger partial charge in [0.15, 0.2) is 0 Å². The molecule has 4 nitrogen and oxygen atoms in total. The molecule has 2 aromatic rings. The molecule has 0 aliphatic carbocycles. The lowest BCUT2D eigenvalue weighted by molar-refractivity contribution is 0.385. The van der Waals surface area contributed by atoms with Crippen LogP contribution in [0.3, 0.4) is 0 Å². The molecule has 0 radical (unpaired) electrons. The molecule has 0 fully saturated rings. The van der Waals surface area contributed by atoms with Gasteiger partial charge in [0.1, 0.15) is 11.3 Å². The minimum absolute atomic E-state index is 0.0609. The van der Waals surface area contributed by atoms with Crippen LogP contribution in [0, 0.1) is 0 Å². The maximum absolute atomic E-state index is 11.2. The van der Waals surface area contributed by atoms with E-state index in [9.17, 15) is 4.79 Å². The average molecular weight is 192 g/mol. The maximum Gasteiger partial charge on any atom is 0.379 e. The Balaban J connectivity index is 2.79. The summed E-state index contributed by atoms with van der Waals surface area (Å²) in [5.74, 6) is 0.217. The summed E-state index contributed by atoms with van der Waals surface area (Å²) in [5.41, 5.74) is -0.207. The predicted octanol–water partition coefficient (Wildman–Crippen LogP) is 1.51. The first-order valence-electron chi connectivity index (χ1n) is 4.01. The lowest BCUT2D eigenvalue weighted by atomic mass is 10.2. The molecule has 0 amide bonds. The topological polar surface area (TPSA) is 59.7 Å². The zero-order valence-corrected chi connectivity index (χ0v) is 7.48. The summed E-state index contributed by atoms with van der Waals surface area (Å²) in [7, 11) is 1.40. The molecule has 0 aliphatic heterocycles. The fourth-order valence-corrected chi connectivity index (χ4v) is 1.22. The summed E-state index contributed by atoms with van der Waals surface area (Å²) in [6, 6.07) is 6.12. The van der Waals surface area contributed by atoms with E-state index in [1.54, 1.807) is 12.1 Å². The lowest BCUT2D eigenvalue weighted by Gasteiger charge is -2.00. The van der Waals surface area contributed by atoms with Crippen molar-refractivity contribution in [2.24, 2.45) is 0 Å². The number of phenols is 1. The highest BCUT2D eigenvalue weighted by Crippen LogP contribution is 2.20. The Labute approximate surface area is 79.4 Å². The number of hydrogen-bond acceptors (Lipinski definition) is 4. The molecule has 0 atom stereocenters. The van der Waals surface area contributed by atoms with E-state index in [0.717, 1.165) is 0 Å². The molecule has 0 saturated carbocycles. The third-order valence-corrected chi connectivity index (χ3v) is 1.91. The minimum atomic E-state index is -0.550. The Kier molecular flexibility index (Phi) is 1.89. The second-order valence-electron chi connectivity index (χ2n) is 2.82. The van der Waals surface area contributed by atoms with Crippen LogP contribution >= 0.6 is 0 Å². The number of rotatable bonds is 1. The van der Waals surface area contributed by atoms with Gasteiger partial charge in [0.2, 0.25) is 5.75 Å². The largest absolute Gasteiger partial charge is 0.508 e. The summed E-state index contributed by atoms with van der Waals surface area (Å²) in [4.78, 5) is 11.2. The van der Waals surface area contributed by atoms with Gasteiger partial charge in [-0.2, -0.15) is 0 Å². The molecule has 72 valence electrons. The minimum Gasteiger partial charge on any atom is -0.508 e. The predicted molar refractivity (Wildman–Crippen MR) is 50.7 cm³/mol. The highest BCUT2D eigenvalue weighted by Gasteiger charge is 2.04. The van der Waals surface area contributed by atoms with Crippen molar-refractivity contribution in [2.75, 3.05) is 7.11 Å². The summed E-state index contributed by atoms with van der Waals surface area (Å²) in [6.45, 7) is 0. The van der Waals surface area contributed by atoms with Crippen LogP contribution in [0.4, 0.5) is 0 Å². The number of hydrogen-bond donors (Lipinski definition) is 1. The summed E-state index contributed by atoms with van der Waals surface area (Å²) in [6.07, 6.45) is 0. The summed E-state index contributed by atoms with van der Waals surface area (Å²) < 4.78 is 9.74. The molecule has 1 aromatic heterocycles. The smallest absolute Gasteiger partial charge is 0.379 e. The van der Waals surface area contributed by atoms with Crippen LogP contribution in [0.5, 0.6) is 11.5 Å². The van der Waals surface area contributed by atoms with Gasteiger partial charge in [-0.25, -0.2) is 4.79 Å². The zero-order chi connectivity index (χ0) is 10.1. The Morgan fingerprint density at radius 2 is 2.14 bits per heavy atom.